The summed E-state index contributed by atoms with van der Waals surface area (Å²) in [5.41, 5.74) is 3.65. The first-order valence-corrected chi connectivity index (χ1v) is 5.56. The Morgan fingerprint density at radius 2 is 2.38 bits per heavy atom. The molecular weight excluding hydrogens is 202 g/mol. The Kier molecular flexibility index (Phi) is 1.99. The minimum atomic E-state index is -0.707. The van der Waals surface area contributed by atoms with Crippen molar-refractivity contribution in [3.63, 3.8) is 0 Å². The van der Waals surface area contributed by atoms with E-state index >= 15 is 0 Å². The Balaban J connectivity index is 2.15. The van der Waals surface area contributed by atoms with E-state index in [1.807, 2.05) is 18.3 Å². The summed E-state index contributed by atoms with van der Waals surface area (Å²) < 4.78 is 0. The second-order valence-corrected chi connectivity index (χ2v) is 4.42. The van der Waals surface area contributed by atoms with Gasteiger partial charge in [-0.2, -0.15) is 0 Å². The van der Waals surface area contributed by atoms with Gasteiger partial charge in [-0.15, -0.1) is 0 Å². The highest BCUT2D eigenvalue weighted by atomic mass is 16.4. The lowest BCUT2D eigenvalue weighted by Crippen LogP contribution is -2.11. The number of aromatic amines is 1. The van der Waals surface area contributed by atoms with E-state index in [1.54, 1.807) is 0 Å². The molecule has 1 aromatic heterocycles. The van der Waals surface area contributed by atoms with Gasteiger partial charge >= 0.3 is 5.97 Å². The van der Waals surface area contributed by atoms with Crippen molar-refractivity contribution in [2.45, 2.75) is 25.2 Å². The monoisotopic (exact) mass is 215 g/mol. The highest BCUT2D eigenvalue weighted by Crippen LogP contribution is 2.38. The quantitative estimate of drug-likeness (QED) is 0.809. The number of carboxylic acids is 1. The van der Waals surface area contributed by atoms with E-state index in [1.165, 1.54) is 16.5 Å². The van der Waals surface area contributed by atoms with Crippen LogP contribution >= 0.6 is 0 Å². The van der Waals surface area contributed by atoms with Gasteiger partial charge < -0.3 is 10.1 Å². The van der Waals surface area contributed by atoms with Crippen LogP contribution in [0.2, 0.25) is 0 Å². The van der Waals surface area contributed by atoms with Crippen LogP contribution in [-0.2, 0) is 11.2 Å². The number of aromatic nitrogens is 1. The smallest absolute Gasteiger partial charge is 0.303 e. The Morgan fingerprint density at radius 3 is 3.19 bits per heavy atom. The Hall–Kier alpha value is -1.77. The first kappa shape index (κ1) is 9.46. The second-order valence-electron chi connectivity index (χ2n) is 4.42. The van der Waals surface area contributed by atoms with E-state index in [0.29, 0.717) is 0 Å². The zero-order chi connectivity index (χ0) is 11.1. The summed E-state index contributed by atoms with van der Waals surface area (Å²) in [6.07, 6.45) is 4.21. The van der Waals surface area contributed by atoms with Gasteiger partial charge in [-0.3, -0.25) is 4.79 Å². The van der Waals surface area contributed by atoms with Crippen LogP contribution in [0.5, 0.6) is 0 Å². The van der Waals surface area contributed by atoms with E-state index in [9.17, 15) is 4.79 Å². The number of aliphatic carboxylic acids is 1. The van der Waals surface area contributed by atoms with Crippen LogP contribution in [0, 0.1) is 0 Å². The van der Waals surface area contributed by atoms with Crippen molar-refractivity contribution in [1.29, 1.82) is 0 Å². The number of carbonyl (C=O) groups is 1. The third-order valence-electron chi connectivity index (χ3n) is 3.44. The van der Waals surface area contributed by atoms with Gasteiger partial charge in [0.15, 0.2) is 0 Å². The molecule has 82 valence electrons. The van der Waals surface area contributed by atoms with Gasteiger partial charge in [-0.05, 0) is 36.0 Å². The molecule has 16 heavy (non-hydrogen) atoms. The Morgan fingerprint density at radius 1 is 1.50 bits per heavy atom. The van der Waals surface area contributed by atoms with Gasteiger partial charge in [0.05, 0.1) is 6.42 Å². The maximum atomic E-state index is 10.8. The van der Waals surface area contributed by atoms with E-state index in [0.717, 1.165) is 18.4 Å². The summed E-state index contributed by atoms with van der Waals surface area (Å²) in [6.45, 7) is 0. The number of benzene rings is 1. The van der Waals surface area contributed by atoms with E-state index < -0.39 is 5.97 Å². The highest BCUT2D eigenvalue weighted by Gasteiger charge is 2.24. The molecule has 0 spiro atoms. The first-order valence-electron chi connectivity index (χ1n) is 5.56. The molecule has 0 amide bonds. The molecule has 0 fully saturated rings. The summed E-state index contributed by atoms with van der Waals surface area (Å²) in [6, 6.07) is 6.11. The van der Waals surface area contributed by atoms with Gasteiger partial charge in [0.1, 0.15) is 0 Å². The van der Waals surface area contributed by atoms with E-state index in [2.05, 4.69) is 11.1 Å². The number of rotatable bonds is 2. The van der Waals surface area contributed by atoms with Crippen molar-refractivity contribution in [3.8, 4) is 0 Å². The van der Waals surface area contributed by atoms with Crippen molar-refractivity contribution < 1.29 is 9.90 Å². The lowest BCUT2D eigenvalue weighted by Gasteiger charge is -2.21. The molecule has 1 atom stereocenters. The molecule has 0 unspecified atom stereocenters. The lowest BCUT2D eigenvalue weighted by molar-refractivity contribution is -0.137. The van der Waals surface area contributed by atoms with Gasteiger partial charge in [0.2, 0.25) is 0 Å². The second kappa shape index (κ2) is 3.37. The van der Waals surface area contributed by atoms with E-state index in [-0.39, 0.29) is 12.3 Å². The van der Waals surface area contributed by atoms with Crippen LogP contribution in [-0.4, -0.2) is 16.1 Å². The molecule has 0 saturated heterocycles. The maximum absolute atomic E-state index is 10.8. The minimum absolute atomic E-state index is 0.171. The molecule has 3 rings (SSSR count). The van der Waals surface area contributed by atoms with Gasteiger partial charge in [0.25, 0.3) is 0 Å². The summed E-state index contributed by atoms with van der Waals surface area (Å²) >= 11 is 0. The van der Waals surface area contributed by atoms with Crippen LogP contribution in [0.3, 0.4) is 0 Å². The third kappa shape index (κ3) is 1.32. The lowest BCUT2D eigenvalue weighted by atomic mass is 9.82. The van der Waals surface area contributed by atoms with Crippen molar-refractivity contribution in [2.75, 3.05) is 0 Å². The number of carboxylic acid groups (broad SMARTS) is 1. The molecule has 1 heterocycles. The standard InChI is InChI=1S/C13H13NO2/c15-12(16)6-8-4-5-9-7-14-11-3-1-2-10(8)13(9)11/h1-3,7-8,14H,4-6H2,(H,15,16)/t8-/m1/s1. The SMILES string of the molecule is O=C(O)C[C@H]1CCc2c[nH]c3cccc1c23. The molecular formula is C13H13NO2. The van der Waals surface area contributed by atoms with Crippen LogP contribution in [0.25, 0.3) is 10.9 Å². The first-order chi connectivity index (χ1) is 7.75. The molecule has 3 heteroatoms. The van der Waals surface area contributed by atoms with Gasteiger partial charge in [-0.25, -0.2) is 0 Å². The maximum Gasteiger partial charge on any atom is 0.303 e. The van der Waals surface area contributed by atoms with Gasteiger partial charge in [-0.1, -0.05) is 12.1 Å². The summed E-state index contributed by atoms with van der Waals surface area (Å²) in [5, 5.41) is 10.2. The van der Waals surface area contributed by atoms with Crippen LogP contribution < -0.4 is 0 Å². The summed E-state index contributed by atoms with van der Waals surface area (Å²) in [5.74, 6) is -0.537. The number of aryl methyl sites for hydroxylation is 1. The number of hydrogen-bond donors (Lipinski definition) is 2. The summed E-state index contributed by atoms with van der Waals surface area (Å²) in [4.78, 5) is 14.1. The molecule has 0 radical (unpaired) electrons. The predicted octanol–water partition coefficient (Wildman–Crippen LogP) is 2.67. The van der Waals surface area contributed by atoms with E-state index in [4.69, 9.17) is 5.11 Å². The molecule has 0 aliphatic heterocycles. The number of hydrogen-bond acceptors (Lipinski definition) is 1. The Bertz CT molecular complexity index is 556. The molecule has 0 bridgehead atoms. The van der Waals surface area contributed by atoms with Crippen molar-refractivity contribution in [1.82, 2.24) is 4.98 Å². The molecule has 1 aromatic carbocycles. The van der Waals surface area contributed by atoms with Crippen molar-refractivity contribution >= 4 is 16.9 Å². The molecule has 0 saturated carbocycles. The zero-order valence-electron chi connectivity index (χ0n) is 8.86. The topological polar surface area (TPSA) is 53.1 Å². The van der Waals surface area contributed by atoms with Crippen LogP contribution in [0.4, 0.5) is 0 Å². The fraction of sp³-hybridized carbons (Fsp3) is 0.308. The largest absolute Gasteiger partial charge is 0.481 e. The average molecular weight is 215 g/mol. The van der Waals surface area contributed by atoms with Gasteiger partial charge in [0, 0.05) is 17.1 Å². The van der Waals surface area contributed by atoms with Crippen LogP contribution in [0.1, 0.15) is 29.9 Å². The molecule has 2 aromatic rings. The average Bonchev–Trinajstić information content (AvgIpc) is 2.67. The normalized spacial score (nSPS) is 18.9. The predicted molar refractivity (Wildman–Crippen MR) is 61.6 cm³/mol. The number of nitrogens with one attached hydrogen (secondary N) is 1. The van der Waals surface area contributed by atoms with Crippen molar-refractivity contribution in [3.05, 3.63) is 35.5 Å². The van der Waals surface area contributed by atoms with Crippen molar-refractivity contribution in [2.24, 2.45) is 0 Å². The third-order valence-corrected chi connectivity index (χ3v) is 3.44. The number of H-pyrrole nitrogens is 1. The molecule has 1 aliphatic rings. The van der Waals surface area contributed by atoms with Crippen LogP contribution in [0.15, 0.2) is 24.4 Å². The molecule has 3 nitrogen and oxygen atoms in total. The molecule has 1 aliphatic carbocycles. The fourth-order valence-corrected chi connectivity index (χ4v) is 2.73. The zero-order valence-corrected chi connectivity index (χ0v) is 8.86. The summed E-state index contributed by atoms with van der Waals surface area (Å²) in [7, 11) is 0. The minimum Gasteiger partial charge on any atom is -0.481 e. The Labute approximate surface area is 93.1 Å². The fourth-order valence-electron chi connectivity index (χ4n) is 2.73. The highest BCUT2D eigenvalue weighted by molar-refractivity contribution is 5.88. The molecule has 2 N–H and O–H groups in total.